The van der Waals surface area contributed by atoms with Crippen molar-refractivity contribution in [2.45, 2.75) is 6.92 Å². The Morgan fingerprint density at radius 2 is 1.53 bits per heavy atom. The normalized spacial score (nSPS) is 10.6. The molecule has 4 nitrogen and oxygen atoms in total. The fraction of sp³-hybridized carbons (Fsp3) is 0.0667. The molecule has 1 heterocycles. The minimum Gasteiger partial charge on any atom is -0.399 e. The molecule has 3 aromatic rings. The Kier molecular flexibility index (Phi) is 2.76. The largest absolute Gasteiger partial charge is 0.399 e. The van der Waals surface area contributed by atoms with Crippen LogP contribution >= 0.6 is 0 Å². The lowest BCUT2D eigenvalue weighted by atomic mass is 10.1. The van der Waals surface area contributed by atoms with Crippen molar-refractivity contribution >= 4 is 5.69 Å². The fourth-order valence-corrected chi connectivity index (χ4v) is 1.79. The quantitative estimate of drug-likeness (QED) is 0.710. The summed E-state index contributed by atoms with van der Waals surface area (Å²) < 4.78 is 5.27. The van der Waals surface area contributed by atoms with Crippen LogP contribution in [-0.4, -0.2) is 10.1 Å². The van der Waals surface area contributed by atoms with Crippen molar-refractivity contribution in [3.63, 3.8) is 0 Å². The van der Waals surface area contributed by atoms with E-state index in [1.165, 1.54) is 5.56 Å². The molecular weight excluding hydrogens is 238 g/mol. The van der Waals surface area contributed by atoms with E-state index in [1.807, 2.05) is 55.5 Å². The van der Waals surface area contributed by atoms with Gasteiger partial charge in [0.25, 0.3) is 5.89 Å². The van der Waals surface area contributed by atoms with Crippen molar-refractivity contribution in [3.05, 3.63) is 54.1 Å². The van der Waals surface area contributed by atoms with Crippen LogP contribution in [0.3, 0.4) is 0 Å². The number of rotatable bonds is 2. The van der Waals surface area contributed by atoms with Crippen LogP contribution in [0.4, 0.5) is 5.69 Å². The van der Waals surface area contributed by atoms with Crippen LogP contribution in [0, 0.1) is 6.92 Å². The van der Waals surface area contributed by atoms with Gasteiger partial charge in [0.05, 0.1) is 0 Å². The van der Waals surface area contributed by atoms with Gasteiger partial charge in [0.2, 0.25) is 5.82 Å². The first-order chi connectivity index (χ1) is 9.22. The van der Waals surface area contributed by atoms with Crippen molar-refractivity contribution in [3.8, 4) is 22.8 Å². The summed E-state index contributed by atoms with van der Waals surface area (Å²) in [6.07, 6.45) is 0. The number of hydrogen-bond donors (Lipinski definition) is 1. The fourth-order valence-electron chi connectivity index (χ4n) is 1.79. The molecule has 2 aromatic carbocycles. The lowest BCUT2D eigenvalue weighted by Gasteiger charge is -1.95. The molecule has 19 heavy (non-hydrogen) atoms. The van der Waals surface area contributed by atoms with Gasteiger partial charge in [-0.25, -0.2) is 0 Å². The summed E-state index contributed by atoms with van der Waals surface area (Å²) in [6, 6.07) is 15.3. The molecule has 0 saturated carbocycles. The molecule has 0 saturated heterocycles. The molecule has 2 N–H and O–H groups in total. The highest BCUT2D eigenvalue weighted by molar-refractivity contribution is 5.61. The van der Waals surface area contributed by atoms with E-state index in [1.54, 1.807) is 0 Å². The molecular formula is C15H13N3O. The smallest absolute Gasteiger partial charge is 0.258 e. The highest BCUT2D eigenvalue weighted by Gasteiger charge is 2.10. The second kappa shape index (κ2) is 4.57. The zero-order valence-electron chi connectivity index (χ0n) is 10.5. The number of nitrogens with two attached hydrogens (primary N) is 1. The van der Waals surface area contributed by atoms with E-state index in [0.717, 1.165) is 11.1 Å². The number of aryl methyl sites for hydroxylation is 1. The Bertz CT molecular complexity index is 624. The summed E-state index contributed by atoms with van der Waals surface area (Å²) >= 11 is 0. The summed E-state index contributed by atoms with van der Waals surface area (Å²) in [5.74, 6) is 1.09. The first kappa shape index (κ1) is 11.5. The van der Waals surface area contributed by atoms with E-state index >= 15 is 0 Å². The van der Waals surface area contributed by atoms with Gasteiger partial charge in [-0.3, -0.25) is 0 Å². The average Bonchev–Trinajstić information content (AvgIpc) is 2.90. The topological polar surface area (TPSA) is 64.9 Å². The van der Waals surface area contributed by atoms with E-state index in [4.69, 9.17) is 10.3 Å². The number of hydrogen-bond acceptors (Lipinski definition) is 4. The number of nitrogens with zero attached hydrogens (tertiary/aromatic N) is 2. The van der Waals surface area contributed by atoms with E-state index in [9.17, 15) is 0 Å². The van der Waals surface area contributed by atoms with Gasteiger partial charge in [-0.05, 0) is 31.2 Å². The summed E-state index contributed by atoms with van der Waals surface area (Å²) in [7, 11) is 0. The van der Waals surface area contributed by atoms with E-state index in [-0.39, 0.29) is 0 Å². The summed E-state index contributed by atoms with van der Waals surface area (Å²) in [4.78, 5) is 4.39. The second-order valence-electron chi connectivity index (χ2n) is 4.41. The minimum absolute atomic E-state index is 0.496. The molecule has 1 aromatic heterocycles. The Balaban J connectivity index is 1.95. The third-order valence-electron chi connectivity index (χ3n) is 2.89. The average molecular weight is 251 g/mol. The van der Waals surface area contributed by atoms with Crippen LogP contribution in [0.5, 0.6) is 0 Å². The third-order valence-corrected chi connectivity index (χ3v) is 2.89. The van der Waals surface area contributed by atoms with Crippen molar-refractivity contribution in [1.29, 1.82) is 0 Å². The molecule has 94 valence electrons. The van der Waals surface area contributed by atoms with Crippen LogP contribution < -0.4 is 5.73 Å². The van der Waals surface area contributed by atoms with Gasteiger partial charge in [-0.1, -0.05) is 35.0 Å². The van der Waals surface area contributed by atoms with Gasteiger partial charge in [-0.15, -0.1) is 0 Å². The number of anilines is 1. The maximum atomic E-state index is 5.65. The van der Waals surface area contributed by atoms with Crippen LogP contribution in [-0.2, 0) is 0 Å². The van der Waals surface area contributed by atoms with Crippen molar-refractivity contribution in [1.82, 2.24) is 10.1 Å². The zero-order chi connectivity index (χ0) is 13.2. The summed E-state index contributed by atoms with van der Waals surface area (Å²) in [6.45, 7) is 2.04. The maximum Gasteiger partial charge on any atom is 0.258 e. The third kappa shape index (κ3) is 2.33. The highest BCUT2D eigenvalue weighted by Crippen LogP contribution is 2.22. The molecule has 0 aliphatic rings. The lowest BCUT2D eigenvalue weighted by Crippen LogP contribution is -1.84. The molecule has 4 heteroatoms. The van der Waals surface area contributed by atoms with Gasteiger partial charge >= 0.3 is 0 Å². The van der Waals surface area contributed by atoms with Gasteiger partial charge in [-0.2, -0.15) is 4.98 Å². The Morgan fingerprint density at radius 3 is 2.21 bits per heavy atom. The van der Waals surface area contributed by atoms with E-state index < -0.39 is 0 Å². The Labute approximate surface area is 110 Å². The summed E-state index contributed by atoms with van der Waals surface area (Å²) in [5.41, 5.74) is 9.36. The monoisotopic (exact) mass is 251 g/mol. The molecule has 0 amide bonds. The van der Waals surface area contributed by atoms with Crippen molar-refractivity contribution in [2.24, 2.45) is 0 Å². The van der Waals surface area contributed by atoms with Crippen LogP contribution in [0.25, 0.3) is 22.8 Å². The first-order valence-electron chi connectivity index (χ1n) is 5.99. The molecule has 0 bridgehead atoms. The van der Waals surface area contributed by atoms with Gasteiger partial charge in [0.1, 0.15) is 0 Å². The van der Waals surface area contributed by atoms with Gasteiger partial charge in [0, 0.05) is 16.8 Å². The number of benzene rings is 2. The summed E-state index contributed by atoms with van der Waals surface area (Å²) in [5, 5.41) is 4.00. The SMILES string of the molecule is Cc1ccc(-c2noc(-c3ccc(N)cc3)n2)cc1. The zero-order valence-corrected chi connectivity index (χ0v) is 10.5. The molecule has 0 atom stereocenters. The van der Waals surface area contributed by atoms with Gasteiger partial charge in [0.15, 0.2) is 0 Å². The molecule has 3 rings (SSSR count). The van der Waals surface area contributed by atoms with Crippen molar-refractivity contribution < 1.29 is 4.52 Å². The molecule has 0 unspecified atom stereocenters. The lowest BCUT2D eigenvalue weighted by molar-refractivity contribution is 0.432. The first-order valence-corrected chi connectivity index (χ1v) is 5.99. The van der Waals surface area contributed by atoms with E-state index in [0.29, 0.717) is 17.4 Å². The van der Waals surface area contributed by atoms with Crippen molar-refractivity contribution in [2.75, 3.05) is 5.73 Å². The molecule has 0 aliphatic carbocycles. The van der Waals surface area contributed by atoms with Crippen LogP contribution in [0.2, 0.25) is 0 Å². The molecule has 0 fully saturated rings. The standard InChI is InChI=1S/C15H13N3O/c1-10-2-4-11(5-3-10)14-17-15(19-18-14)12-6-8-13(16)9-7-12/h2-9H,16H2,1H3. The Hall–Kier alpha value is -2.62. The Morgan fingerprint density at radius 1 is 0.895 bits per heavy atom. The predicted molar refractivity (Wildman–Crippen MR) is 74.3 cm³/mol. The number of aromatic nitrogens is 2. The van der Waals surface area contributed by atoms with Crippen LogP contribution in [0.15, 0.2) is 53.1 Å². The number of nitrogen functional groups attached to an aromatic ring is 1. The molecule has 0 radical (unpaired) electrons. The van der Waals surface area contributed by atoms with Gasteiger partial charge < -0.3 is 10.3 Å². The highest BCUT2D eigenvalue weighted by atomic mass is 16.5. The van der Waals surface area contributed by atoms with E-state index in [2.05, 4.69) is 10.1 Å². The molecule has 0 spiro atoms. The van der Waals surface area contributed by atoms with Crippen LogP contribution in [0.1, 0.15) is 5.56 Å². The minimum atomic E-state index is 0.496. The maximum absolute atomic E-state index is 5.65. The second-order valence-corrected chi connectivity index (χ2v) is 4.41. The predicted octanol–water partition coefficient (Wildman–Crippen LogP) is 3.29. The molecule has 0 aliphatic heterocycles.